The summed E-state index contributed by atoms with van der Waals surface area (Å²) in [6.45, 7) is 2.38. The number of nitrogens with zero attached hydrogens (tertiary/aromatic N) is 1. The number of hydrogen-bond acceptors (Lipinski definition) is 3. The zero-order valence-electron chi connectivity index (χ0n) is 11.6. The van der Waals surface area contributed by atoms with Crippen molar-refractivity contribution >= 4 is 37.5 Å². The van der Waals surface area contributed by atoms with E-state index in [9.17, 15) is 13.2 Å². The van der Waals surface area contributed by atoms with Gasteiger partial charge in [-0.25, -0.2) is 8.42 Å². The van der Waals surface area contributed by atoms with Crippen LogP contribution in [0, 0.1) is 0 Å². The molecule has 0 aromatic heterocycles. The number of carbonyl (C=O) groups is 1. The van der Waals surface area contributed by atoms with Crippen molar-refractivity contribution in [3.8, 4) is 0 Å². The first-order valence-corrected chi connectivity index (χ1v) is 8.98. The van der Waals surface area contributed by atoms with Crippen LogP contribution in [0.1, 0.15) is 19.8 Å². The molecule has 0 radical (unpaired) electrons. The predicted molar refractivity (Wildman–Crippen MR) is 84.2 cm³/mol. The number of benzene rings is 1. The van der Waals surface area contributed by atoms with E-state index in [1.54, 1.807) is 24.3 Å². The van der Waals surface area contributed by atoms with Gasteiger partial charge in [-0.05, 0) is 30.7 Å². The van der Waals surface area contributed by atoms with Crippen molar-refractivity contribution in [2.24, 2.45) is 0 Å². The van der Waals surface area contributed by atoms with Gasteiger partial charge >= 0.3 is 0 Å². The molecule has 1 amide bonds. The number of amides is 1. The zero-order valence-corrected chi connectivity index (χ0v) is 14.0. The minimum atomic E-state index is -3.50. The molecule has 0 aliphatic rings. The number of nitrogens with one attached hydrogen (secondary N) is 1. The van der Waals surface area contributed by atoms with Crippen LogP contribution in [-0.2, 0) is 14.8 Å². The monoisotopic (exact) mass is 362 g/mol. The molecule has 0 unspecified atom stereocenters. The first kappa shape index (κ1) is 17.0. The summed E-state index contributed by atoms with van der Waals surface area (Å²) in [5.41, 5.74) is 0.473. The van der Waals surface area contributed by atoms with Crippen molar-refractivity contribution in [2.75, 3.05) is 23.7 Å². The molecule has 0 aliphatic carbocycles. The quantitative estimate of drug-likeness (QED) is 0.755. The fraction of sp³-hybridized carbons (Fsp3) is 0.462. The average molecular weight is 363 g/mol. The van der Waals surface area contributed by atoms with Gasteiger partial charge < -0.3 is 5.32 Å². The van der Waals surface area contributed by atoms with Gasteiger partial charge in [0.25, 0.3) is 0 Å². The Hall–Kier alpha value is -1.08. The van der Waals surface area contributed by atoms with Crippen molar-refractivity contribution in [3.05, 3.63) is 28.7 Å². The molecule has 0 bridgehead atoms. The highest BCUT2D eigenvalue weighted by molar-refractivity contribution is 9.10. The molecular weight excluding hydrogens is 344 g/mol. The summed E-state index contributed by atoms with van der Waals surface area (Å²) in [4.78, 5) is 11.8. The predicted octanol–water partition coefficient (Wildman–Crippen LogP) is 2.13. The van der Waals surface area contributed by atoms with Crippen molar-refractivity contribution in [3.63, 3.8) is 0 Å². The third kappa shape index (κ3) is 5.50. The van der Waals surface area contributed by atoms with E-state index < -0.39 is 10.0 Å². The molecule has 0 heterocycles. The Bertz CT molecular complexity index is 543. The maximum atomic E-state index is 11.8. The molecular formula is C13H19BrN2O3S. The van der Waals surface area contributed by atoms with E-state index in [1.165, 1.54) is 0 Å². The number of anilines is 1. The van der Waals surface area contributed by atoms with Gasteiger partial charge in [-0.2, -0.15) is 0 Å². The molecule has 0 fully saturated rings. The van der Waals surface area contributed by atoms with Gasteiger partial charge in [0, 0.05) is 11.0 Å². The van der Waals surface area contributed by atoms with Crippen LogP contribution in [0.15, 0.2) is 28.7 Å². The minimum Gasteiger partial charge on any atom is -0.355 e. The largest absolute Gasteiger partial charge is 0.355 e. The van der Waals surface area contributed by atoms with Gasteiger partial charge in [0.15, 0.2) is 0 Å². The lowest BCUT2D eigenvalue weighted by atomic mass is 10.3. The lowest BCUT2D eigenvalue weighted by Crippen LogP contribution is -2.40. The second-order valence-corrected chi connectivity index (χ2v) is 7.27. The molecule has 0 atom stereocenters. The summed E-state index contributed by atoms with van der Waals surface area (Å²) in [5.74, 6) is -0.299. The number of halogens is 1. The lowest BCUT2D eigenvalue weighted by Gasteiger charge is -2.21. The smallest absolute Gasteiger partial charge is 0.240 e. The number of unbranched alkanes of at least 4 members (excludes halogenated alkanes) is 1. The molecule has 112 valence electrons. The third-order valence-electron chi connectivity index (χ3n) is 2.65. The van der Waals surface area contributed by atoms with Gasteiger partial charge in [0.1, 0.15) is 6.54 Å². The van der Waals surface area contributed by atoms with Gasteiger partial charge in [-0.3, -0.25) is 9.10 Å². The normalized spacial score (nSPS) is 11.2. The molecule has 7 heteroatoms. The fourth-order valence-corrected chi connectivity index (χ4v) is 2.72. The minimum absolute atomic E-state index is 0.204. The summed E-state index contributed by atoms with van der Waals surface area (Å²) in [6, 6.07) is 6.79. The summed E-state index contributed by atoms with van der Waals surface area (Å²) < 4.78 is 25.6. The van der Waals surface area contributed by atoms with Crippen LogP contribution >= 0.6 is 15.9 Å². The highest BCUT2D eigenvalue weighted by Gasteiger charge is 2.20. The maximum Gasteiger partial charge on any atom is 0.240 e. The molecule has 0 saturated carbocycles. The van der Waals surface area contributed by atoms with Crippen LogP contribution in [0.2, 0.25) is 0 Å². The second kappa shape index (κ2) is 7.64. The Kier molecular flexibility index (Phi) is 6.48. The van der Waals surface area contributed by atoms with Crippen LogP contribution in [-0.4, -0.2) is 33.7 Å². The zero-order chi connectivity index (χ0) is 15.2. The molecule has 20 heavy (non-hydrogen) atoms. The van der Waals surface area contributed by atoms with Crippen LogP contribution in [0.25, 0.3) is 0 Å². The van der Waals surface area contributed by atoms with E-state index in [0.29, 0.717) is 12.2 Å². The van der Waals surface area contributed by atoms with E-state index in [0.717, 1.165) is 27.9 Å². The molecule has 1 aromatic carbocycles. The Morgan fingerprint density at radius 3 is 2.40 bits per heavy atom. The van der Waals surface area contributed by atoms with Gasteiger partial charge in [-0.15, -0.1) is 0 Å². The topological polar surface area (TPSA) is 66.5 Å². The Balaban J connectivity index is 2.81. The Morgan fingerprint density at radius 2 is 1.90 bits per heavy atom. The summed E-state index contributed by atoms with van der Waals surface area (Å²) in [5, 5.41) is 2.71. The van der Waals surface area contributed by atoms with Crippen molar-refractivity contribution < 1.29 is 13.2 Å². The van der Waals surface area contributed by atoms with E-state index in [2.05, 4.69) is 21.2 Å². The van der Waals surface area contributed by atoms with E-state index >= 15 is 0 Å². The SMILES string of the molecule is CCCCNC(=O)CN(c1ccc(Br)cc1)S(C)(=O)=O. The number of rotatable bonds is 7. The van der Waals surface area contributed by atoms with Crippen LogP contribution in [0.5, 0.6) is 0 Å². The van der Waals surface area contributed by atoms with Gasteiger partial charge in [-0.1, -0.05) is 29.3 Å². The summed E-state index contributed by atoms with van der Waals surface area (Å²) in [7, 11) is -3.50. The molecule has 5 nitrogen and oxygen atoms in total. The van der Waals surface area contributed by atoms with Crippen molar-refractivity contribution in [1.29, 1.82) is 0 Å². The van der Waals surface area contributed by atoms with Crippen LogP contribution in [0.3, 0.4) is 0 Å². The first-order valence-electron chi connectivity index (χ1n) is 6.34. The van der Waals surface area contributed by atoms with Crippen LogP contribution in [0.4, 0.5) is 5.69 Å². The van der Waals surface area contributed by atoms with Crippen LogP contribution < -0.4 is 9.62 Å². The number of carbonyl (C=O) groups excluding carboxylic acids is 1. The van der Waals surface area contributed by atoms with Gasteiger partial charge in [0.05, 0.1) is 11.9 Å². The number of sulfonamides is 1. The molecule has 0 spiro atoms. The maximum absolute atomic E-state index is 11.8. The highest BCUT2D eigenvalue weighted by atomic mass is 79.9. The fourth-order valence-electron chi connectivity index (χ4n) is 1.60. The molecule has 1 N–H and O–H groups in total. The van der Waals surface area contributed by atoms with Crippen molar-refractivity contribution in [2.45, 2.75) is 19.8 Å². The Labute approximate surface area is 128 Å². The third-order valence-corrected chi connectivity index (χ3v) is 4.32. The molecule has 0 aliphatic heterocycles. The Morgan fingerprint density at radius 1 is 1.30 bits per heavy atom. The molecule has 1 aromatic rings. The highest BCUT2D eigenvalue weighted by Crippen LogP contribution is 2.20. The van der Waals surface area contributed by atoms with E-state index in [1.807, 2.05) is 6.92 Å². The van der Waals surface area contributed by atoms with E-state index in [-0.39, 0.29) is 12.5 Å². The number of hydrogen-bond donors (Lipinski definition) is 1. The summed E-state index contributed by atoms with van der Waals surface area (Å²) >= 11 is 3.29. The second-order valence-electron chi connectivity index (χ2n) is 4.45. The van der Waals surface area contributed by atoms with E-state index in [4.69, 9.17) is 0 Å². The lowest BCUT2D eigenvalue weighted by molar-refractivity contribution is -0.119. The summed E-state index contributed by atoms with van der Waals surface area (Å²) in [6.07, 6.45) is 2.94. The van der Waals surface area contributed by atoms with Crippen molar-refractivity contribution in [1.82, 2.24) is 5.32 Å². The average Bonchev–Trinajstić information content (AvgIpc) is 2.36. The first-order chi connectivity index (χ1) is 9.34. The molecule has 0 saturated heterocycles. The van der Waals surface area contributed by atoms with Gasteiger partial charge in [0.2, 0.25) is 15.9 Å². The standard InChI is InChI=1S/C13H19BrN2O3S/c1-3-4-9-15-13(17)10-16(20(2,18)19)12-7-5-11(14)6-8-12/h5-8H,3-4,9-10H2,1-2H3,(H,15,17). The molecule has 1 rings (SSSR count).